The number of rotatable bonds is 9. The summed E-state index contributed by atoms with van der Waals surface area (Å²) in [5, 5.41) is 16.6. The van der Waals surface area contributed by atoms with Gasteiger partial charge in [0.25, 0.3) is 11.6 Å². The Kier molecular flexibility index (Phi) is 8.13. The van der Waals surface area contributed by atoms with Crippen LogP contribution in [-0.4, -0.2) is 50.9 Å². The Morgan fingerprint density at radius 2 is 2.00 bits per heavy atom. The van der Waals surface area contributed by atoms with Gasteiger partial charge in [0.05, 0.1) is 21.7 Å². The number of esters is 1. The molecule has 11 heteroatoms. The van der Waals surface area contributed by atoms with Gasteiger partial charge in [0, 0.05) is 59.2 Å². The molecule has 0 saturated heterocycles. The lowest BCUT2D eigenvalue weighted by Gasteiger charge is -2.29. The second kappa shape index (κ2) is 11.9. The van der Waals surface area contributed by atoms with Crippen LogP contribution in [0.2, 0.25) is 0 Å². The molecule has 0 spiro atoms. The van der Waals surface area contributed by atoms with Crippen molar-refractivity contribution in [1.29, 1.82) is 0 Å². The molecular formula is C29H29N5O5S. The number of pyridine rings is 1. The number of amides is 1. The fourth-order valence-corrected chi connectivity index (χ4v) is 5.65. The molecule has 1 N–H and O–H groups in total. The van der Waals surface area contributed by atoms with E-state index in [0.717, 1.165) is 42.7 Å². The van der Waals surface area contributed by atoms with Gasteiger partial charge in [-0.05, 0) is 25.5 Å². The number of nitro groups is 1. The second-order valence-corrected chi connectivity index (χ2v) is 10.5. The summed E-state index contributed by atoms with van der Waals surface area (Å²) in [6.45, 7) is 6.31. The van der Waals surface area contributed by atoms with Gasteiger partial charge in [-0.2, -0.15) is 0 Å². The number of para-hydroxylation sites is 1. The first-order chi connectivity index (χ1) is 19.4. The molecule has 40 heavy (non-hydrogen) atoms. The molecule has 10 nitrogen and oxygen atoms in total. The summed E-state index contributed by atoms with van der Waals surface area (Å²) in [7, 11) is 0. The molecule has 5 rings (SSSR count). The van der Waals surface area contributed by atoms with Crippen LogP contribution in [0.1, 0.15) is 48.3 Å². The number of aromatic nitrogens is 2. The number of carbonyl (C=O) groups is 2. The number of nitrogens with zero attached hydrogens (tertiary/aromatic N) is 4. The Bertz CT molecular complexity index is 1590. The molecule has 0 aliphatic carbocycles. The largest absolute Gasteiger partial charge is 0.449 e. The second-order valence-electron chi connectivity index (χ2n) is 9.59. The minimum atomic E-state index is -1.03. The maximum Gasteiger partial charge on any atom is 0.340 e. The third-order valence-corrected chi connectivity index (χ3v) is 7.63. The molecule has 1 atom stereocenters. The number of carbonyl (C=O) groups excluding carboxylic acids is 2. The van der Waals surface area contributed by atoms with E-state index in [1.54, 1.807) is 24.4 Å². The zero-order valence-corrected chi connectivity index (χ0v) is 23.1. The van der Waals surface area contributed by atoms with E-state index in [9.17, 15) is 19.7 Å². The molecule has 1 amide bonds. The van der Waals surface area contributed by atoms with Gasteiger partial charge >= 0.3 is 5.97 Å². The molecule has 0 saturated carbocycles. The van der Waals surface area contributed by atoms with Gasteiger partial charge in [0.15, 0.2) is 11.2 Å². The van der Waals surface area contributed by atoms with E-state index in [-0.39, 0.29) is 12.1 Å². The number of anilines is 1. The summed E-state index contributed by atoms with van der Waals surface area (Å²) in [5.41, 5.74) is 3.97. The maximum atomic E-state index is 13.7. The van der Waals surface area contributed by atoms with Crippen molar-refractivity contribution in [3.05, 3.63) is 80.8 Å². The summed E-state index contributed by atoms with van der Waals surface area (Å²) in [6.07, 6.45) is 0.993. The molecule has 0 radical (unpaired) electrons. The normalized spacial score (nSPS) is 13.9. The maximum absolute atomic E-state index is 13.7. The van der Waals surface area contributed by atoms with Crippen LogP contribution in [0.3, 0.4) is 0 Å². The number of hydrogen-bond donors (Lipinski definition) is 1. The third-order valence-electron chi connectivity index (χ3n) is 6.87. The summed E-state index contributed by atoms with van der Waals surface area (Å²) in [5.74, 6) is -1.04. The summed E-state index contributed by atoms with van der Waals surface area (Å²) in [6, 6.07) is 13.6. The van der Waals surface area contributed by atoms with Gasteiger partial charge in [-0.1, -0.05) is 44.2 Å². The highest BCUT2D eigenvalue weighted by atomic mass is 32.1. The minimum absolute atomic E-state index is 0.0438. The topological polar surface area (TPSA) is 128 Å². The van der Waals surface area contributed by atoms with Crippen LogP contribution in [0.25, 0.3) is 22.2 Å². The molecule has 0 fully saturated rings. The van der Waals surface area contributed by atoms with E-state index in [1.165, 1.54) is 23.5 Å². The Morgan fingerprint density at radius 3 is 2.77 bits per heavy atom. The number of ether oxygens (including phenoxy) is 1. The first kappa shape index (κ1) is 27.4. The molecule has 4 aromatic rings. The van der Waals surface area contributed by atoms with E-state index < -0.39 is 22.9 Å². The predicted octanol–water partition coefficient (Wildman–Crippen LogP) is 5.61. The number of nitro benzene ring substituents is 1. The van der Waals surface area contributed by atoms with Gasteiger partial charge in [-0.25, -0.2) is 9.78 Å². The molecule has 2 aromatic carbocycles. The lowest BCUT2D eigenvalue weighted by molar-refractivity contribution is -0.384. The summed E-state index contributed by atoms with van der Waals surface area (Å²) in [4.78, 5) is 49.0. The number of hydrogen-bond acceptors (Lipinski definition) is 9. The molecule has 3 heterocycles. The predicted molar refractivity (Wildman–Crippen MR) is 153 cm³/mol. The van der Waals surface area contributed by atoms with Crippen molar-refractivity contribution in [1.82, 2.24) is 14.9 Å². The average molecular weight is 560 g/mol. The molecular weight excluding hydrogens is 530 g/mol. The molecule has 0 bridgehead atoms. The van der Waals surface area contributed by atoms with Crippen molar-refractivity contribution >= 4 is 44.9 Å². The smallest absolute Gasteiger partial charge is 0.340 e. The fourth-order valence-electron chi connectivity index (χ4n) is 4.93. The third kappa shape index (κ3) is 5.70. The number of fused-ring (bicyclic) bond motifs is 2. The zero-order valence-electron chi connectivity index (χ0n) is 22.3. The van der Waals surface area contributed by atoms with Gasteiger partial charge in [0.1, 0.15) is 0 Å². The zero-order chi connectivity index (χ0) is 28.2. The number of nitrogens with one attached hydrogen (secondary N) is 1. The summed E-state index contributed by atoms with van der Waals surface area (Å²) >= 11 is 1.19. The SMILES string of the molecule is CCCN1CCc2nc3ccccc3c(C(=O)OC(CC)C(=O)Nc3nc(-c4cccc([N+](=O)[O-])c4)cs3)c2C1. The quantitative estimate of drug-likeness (QED) is 0.159. The molecule has 1 aliphatic rings. The fraction of sp³-hybridized carbons (Fsp3) is 0.310. The highest BCUT2D eigenvalue weighted by molar-refractivity contribution is 7.14. The molecule has 206 valence electrons. The first-order valence-electron chi connectivity index (χ1n) is 13.2. The van der Waals surface area contributed by atoms with Gasteiger partial charge in [0.2, 0.25) is 0 Å². The van der Waals surface area contributed by atoms with Crippen LogP contribution >= 0.6 is 11.3 Å². The van der Waals surface area contributed by atoms with E-state index in [2.05, 4.69) is 22.1 Å². The van der Waals surface area contributed by atoms with Crippen molar-refractivity contribution in [3.63, 3.8) is 0 Å². The van der Waals surface area contributed by atoms with E-state index in [1.807, 2.05) is 24.3 Å². The number of thiazole rings is 1. The van der Waals surface area contributed by atoms with Crippen molar-refractivity contribution in [2.45, 2.75) is 45.8 Å². The minimum Gasteiger partial charge on any atom is -0.449 e. The van der Waals surface area contributed by atoms with E-state index >= 15 is 0 Å². The van der Waals surface area contributed by atoms with Crippen LogP contribution < -0.4 is 5.32 Å². The van der Waals surface area contributed by atoms with Gasteiger partial charge < -0.3 is 4.74 Å². The number of benzene rings is 2. The standard InChI is InChI=1S/C29H29N5O5S/c1-3-13-33-14-12-23-21(16-33)26(20-10-5-6-11-22(20)30-23)28(36)39-25(4-2)27(35)32-29-31-24(17-40-29)18-8-7-9-19(15-18)34(37)38/h5-11,15,17,25H,3-4,12-14,16H2,1-2H3,(H,31,32,35). The molecule has 2 aromatic heterocycles. The molecule has 1 unspecified atom stereocenters. The highest BCUT2D eigenvalue weighted by Crippen LogP contribution is 2.30. The van der Waals surface area contributed by atoms with Crippen LogP contribution in [0.5, 0.6) is 0 Å². The average Bonchev–Trinajstić information content (AvgIpc) is 3.43. The van der Waals surface area contributed by atoms with Crippen LogP contribution in [0.4, 0.5) is 10.8 Å². The van der Waals surface area contributed by atoms with Crippen LogP contribution in [0, 0.1) is 10.1 Å². The molecule has 1 aliphatic heterocycles. The van der Waals surface area contributed by atoms with Crippen molar-refractivity contribution in [2.24, 2.45) is 0 Å². The Balaban J connectivity index is 1.36. The lowest BCUT2D eigenvalue weighted by atomic mass is 9.95. The monoisotopic (exact) mass is 559 g/mol. The van der Waals surface area contributed by atoms with Crippen LogP contribution in [-0.2, 0) is 22.5 Å². The first-order valence-corrected chi connectivity index (χ1v) is 14.1. The Hall–Kier alpha value is -4.22. The van der Waals surface area contributed by atoms with Crippen molar-refractivity contribution in [2.75, 3.05) is 18.4 Å². The van der Waals surface area contributed by atoms with Gasteiger partial charge in [-0.3, -0.25) is 30.1 Å². The summed E-state index contributed by atoms with van der Waals surface area (Å²) < 4.78 is 5.83. The van der Waals surface area contributed by atoms with E-state index in [0.29, 0.717) is 33.9 Å². The lowest BCUT2D eigenvalue weighted by Crippen LogP contribution is -2.35. The Morgan fingerprint density at radius 1 is 1.18 bits per heavy atom. The van der Waals surface area contributed by atoms with Gasteiger partial charge in [-0.15, -0.1) is 11.3 Å². The van der Waals surface area contributed by atoms with Crippen molar-refractivity contribution < 1.29 is 19.2 Å². The van der Waals surface area contributed by atoms with E-state index in [4.69, 9.17) is 9.72 Å². The highest BCUT2D eigenvalue weighted by Gasteiger charge is 2.29. The van der Waals surface area contributed by atoms with Crippen LogP contribution in [0.15, 0.2) is 53.9 Å². The van der Waals surface area contributed by atoms with Crippen molar-refractivity contribution in [3.8, 4) is 11.3 Å². The number of non-ortho nitro benzene ring substituents is 1. The Labute approximate surface area is 235 Å².